The van der Waals surface area contributed by atoms with Crippen LogP contribution in [0.1, 0.15) is 25.0 Å². The zero-order chi connectivity index (χ0) is 19.8. The zero-order valence-corrected chi connectivity index (χ0v) is 16.4. The Hall–Kier alpha value is -2.94. The molecule has 2 rings (SSSR count). The fourth-order valence-corrected chi connectivity index (χ4v) is 2.71. The molecular weight excluding hydrogens is 418 g/mol. The van der Waals surface area contributed by atoms with Gasteiger partial charge in [-0.1, -0.05) is 0 Å². The van der Waals surface area contributed by atoms with E-state index in [9.17, 15) is 14.9 Å². The molecule has 27 heavy (non-hydrogen) atoms. The maximum Gasteiger partial charge on any atom is 0.269 e. The summed E-state index contributed by atoms with van der Waals surface area (Å²) in [5.74, 6) is 0.753. The predicted molar refractivity (Wildman–Crippen MR) is 104 cm³/mol. The Morgan fingerprint density at radius 3 is 2.59 bits per heavy atom. The van der Waals surface area contributed by atoms with Gasteiger partial charge in [-0.05, 0) is 58.2 Å². The summed E-state index contributed by atoms with van der Waals surface area (Å²) < 4.78 is 12.1. The van der Waals surface area contributed by atoms with Gasteiger partial charge in [-0.15, -0.1) is 0 Å². The molecule has 0 aliphatic heterocycles. The van der Waals surface area contributed by atoms with Crippen LogP contribution in [0.5, 0.6) is 11.5 Å². The third-order valence-electron chi connectivity index (χ3n) is 3.30. The highest BCUT2D eigenvalue weighted by Gasteiger charge is 2.13. The van der Waals surface area contributed by atoms with Gasteiger partial charge in [-0.25, -0.2) is 5.43 Å². The molecule has 8 nitrogen and oxygen atoms in total. The number of carbonyl (C=O) groups is 1. The summed E-state index contributed by atoms with van der Waals surface area (Å²) in [6, 6.07) is 9.66. The number of nitro groups is 1. The lowest BCUT2D eigenvalue weighted by Gasteiger charge is -2.14. The van der Waals surface area contributed by atoms with E-state index in [0.717, 1.165) is 5.56 Å². The number of hydrazone groups is 1. The van der Waals surface area contributed by atoms with Gasteiger partial charge in [0.2, 0.25) is 5.91 Å². The van der Waals surface area contributed by atoms with Crippen LogP contribution in [0.25, 0.3) is 0 Å². The van der Waals surface area contributed by atoms with Crippen LogP contribution in [-0.4, -0.2) is 23.7 Å². The first kappa shape index (κ1) is 20.4. The van der Waals surface area contributed by atoms with Gasteiger partial charge >= 0.3 is 0 Å². The van der Waals surface area contributed by atoms with Crippen molar-refractivity contribution >= 4 is 33.7 Å². The summed E-state index contributed by atoms with van der Waals surface area (Å²) in [6.07, 6.45) is 1.49. The molecule has 1 N–H and O–H groups in total. The minimum Gasteiger partial charge on any atom is -0.490 e. The molecule has 2 aromatic rings. The number of nitrogens with one attached hydrogen (secondary N) is 1. The molecular formula is C18H18BrN3O5. The van der Waals surface area contributed by atoms with E-state index in [1.165, 1.54) is 25.3 Å². The summed E-state index contributed by atoms with van der Waals surface area (Å²) >= 11 is 3.45. The molecule has 0 spiro atoms. The minimum atomic E-state index is -0.449. The lowest BCUT2D eigenvalue weighted by molar-refractivity contribution is -0.384. The molecule has 0 heterocycles. The first-order valence-electron chi connectivity index (χ1n) is 8.02. The summed E-state index contributed by atoms with van der Waals surface area (Å²) in [5.41, 5.74) is 3.85. The van der Waals surface area contributed by atoms with Gasteiger partial charge in [0.1, 0.15) is 6.61 Å². The Morgan fingerprint density at radius 2 is 2.00 bits per heavy atom. The fourth-order valence-electron chi connectivity index (χ4n) is 2.13. The van der Waals surface area contributed by atoms with Crippen LogP contribution < -0.4 is 14.9 Å². The van der Waals surface area contributed by atoms with Gasteiger partial charge in [-0.3, -0.25) is 14.9 Å². The lowest BCUT2D eigenvalue weighted by atomic mass is 10.2. The monoisotopic (exact) mass is 435 g/mol. The summed E-state index contributed by atoms with van der Waals surface area (Å²) in [4.78, 5) is 21.2. The van der Waals surface area contributed by atoms with E-state index in [1.54, 1.807) is 24.3 Å². The maximum absolute atomic E-state index is 10.9. The van der Waals surface area contributed by atoms with Crippen LogP contribution in [0.3, 0.4) is 0 Å². The zero-order valence-electron chi connectivity index (χ0n) is 14.8. The maximum atomic E-state index is 10.9. The first-order chi connectivity index (χ1) is 12.9. The number of nitrogens with zero attached hydrogens (tertiary/aromatic N) is 2. The molecule has 0 radical (unpaired) electrons. The van der Waals surface area contributed by atoms with Crippen molar-refractivity contribution in [2.24, 2.45) is 5.10 Å². The van der Waals surface area contributed by atoms with E-state index in [0.29, 0.717) is 28.1 Å². The van der Waals surface area contributed by atoms with E-state index in [2.05, 4.69) is 26.5 Å². The standard InChI is InChI=1S/C18H18BrN3O5/c1-3-26-17-9-14(10-20-21-12(2)23)8-16(19)18(17)27-11-13-4-6-15(7-5-13)22(24)25/h4-10H,3,11H2,1-2H3,(H,21,23)/b20-10-. The van der Waals surface area contributed by atoms with Crippen molar-refractivity contribution in [3.63, 3.8) is 0 Å². The number of ether oxygens (including phenoxy) is 2. The van der Waals surface area contributed by atoms with Gasteiger partial charge in [0.25, 0.3) is 5.69 Å². The average molecular weight is 436 g/mol. The van der Waals surface area contributed by atoms with Crippen LogP contribution in [0.15, 0.2) is 46.0 Å². The van der Waals surface area contributed by atoms with E-state index in [4.69, 9.17) is 9.47 Å². The third kappa shape index (κ3) is 6.07. The minimum absolute atomic E-state index is 0.0257. The average Bonchev–Trinajstić information content (AvgIpc) is 2.61. The van der Waals surface area contributed by atoms with Gasteiger partial charge in [0, 0.05) is 19.1 Å². The van der Waals surface area contributed by atoms with Crippen LogP contribution in [-0.2, 0) is 11.4 Å². The Morgan fingerprint density at radius 1 is 1.30 bits per heavy atom. The second-order valence-corrected chi connectivity index (χ2v) is 6.26. The third-order valence-corrected chi connectivity index (χ3v) is 3.89. The Balaban J connectivity index is 2.18. The number of hydrogen-bond donors (Lipinski definition) is 1. The highest BCUT2D eigenvalue weighted by molar-refractivity contribution is 9.10. The predicted octanol–water partition coefficient (Wildman–Crippen LogP) is 3.81. The molecule has 1 amide bonds. The van der Waals surface area contributed by atoms with Gasteiger partial charge in [0.05, 0.1) is 22.2 Å². The number of hydrogen-bond acceptors (Lipinski definition) is 6. The molecule has 0 unspecified atom stereocenters. The summed E-state index contributed by atoms with van der Waals surface area (Å²) in [6.45, 7) is 3.88. The normalized spacial score (nSPS) is 10.6. The summed E-state index contributed by atoms with van der Waals surface area (Å²) in [7, 11) is 0. The molecule has 142 valence electrons. The second-order valence-electron chi connectivity index (χ2n) is 5.40. The number of non-ortho nitro benzene ring substituents is 1. The largest absolute Gasteiger partial charge is 0.490 e. The van der Waals surface area contributed by atoms with Crippen molar-refractivity contribution in [2.75, 3.05) is 6.61 Å². The van der Waals surface area contributed by atoms with Crippen molar-refractivity contribution in [1.29, 1.82) is 0 Å². The molecule has 0 fully saturated rings. The van der Waals surface area contributed by atoms with Crippen LogP contribution >= 0.6 is 15.9 Å². The van der Waals surface area contributed by atoms with Crippen molar-refractivity contribution in [1.82, 2.24) is 5.43 Å². The van der Waals surface area contributed by atoms with Gasteiger partial charge in [0.15, 0.2) is 11.5 Å². The van der Waals surface area contributed by atoms with Crippen molar-refractivity contribution in [3.05, 3.63) is 62.1 Å². The fraction of sp³-hybridized carbons (Fsp3) is 0.222. The van der Waals surface area contributed by atoms with Crippen molar-refractivity contribution in [3.8, 4) is 11.5 Å². The highest BCUT2D eigenvalue weighted by Crippen LogP contribution is 2.37. The molecule has 0 bridgehead atoms. The molecule has 2 aromatic carbocycles. The smallest absolute Gasteiger partial charge is 0.269 e. The number of carbonyl (C=O) groups excluding carboxylic acids is 1. The van der Waals surface area contributed by atoms with Gasteiger partial charge in [-0.2, -0.15) is 5.10 Å². The number of halogens is 1. The summed E-state index contributed by atoms with van der Waals surface area (Å²) in [5, 5.41) is 14.5. The van der Waals surface area contributed by atoms with Crippen LogP contribution in [0.4, 0.5) is 5.69 Å². The van der Waals surface area contributed by atoms with E-state index < -0.39 is 4.92 Å². The lowest BCUT2D eigenvalue weighted by Crippen LogP contribution is -2.12. The number of nitro benzene ring substituents is 1. The van der Waals surface area contributed by atoms with Gasteiger partial charge < -0.3 is 9.47 Å². The topological polar surface area (TPSA) is 103 Å². The van der Waals surface area contributed by atoms with Crippen molar-refractivity contribution in [2.45, 2.75) is 20.5 Å². The second kappa shape index (κ2) is 9.67. The van der Waals surface area contributed by atoms with E-state index in [-0.39, 0.29) is 18.2 Å². The first-order valence-corrected chi connectivity index (χ1v) is 8.82. The molecule has 0 aliphatic carbocycles. The molecule has 9 heteroatoms. The molecule has 0 saturated carbocycles. The number of benzene rings is 2. The number of rotatable bonds is 8. The molecule has 0 atom stereocenters. The Kier molecular flexibility index (Phi) is 7.30. The Labute approximate surface area is 164 Å². The molecule has 0 aromatic heterocycles. The van der Waals surface area contributed by atoms with Crippen LogP contribution in [0, 0.1) is 10.1 Å². The molecule has 0 saturated heterocycles. The van der Waals surface area contributed by atoms with Crippen LogP contribution in [0.2, 0.25) is 0 Å². The Bertz CT molecular complexity index is 853. The SMILES string of the molecule is CCOc1cc(/C=N\NC(C)=O)cc(Br)c1OCc1ccc([N+](=O)[O-])cc1. The van der Waals surface area contributed by atoms with E-state index >= 15 is 0 Å². The van der Waals surface area contributed by atoms with E-state index in [1.807, 2.05) is 6.92 Å². The quantitative estimate of drug-likeness (QED) is 0.385. The number of amides is 1. The highest BCUT2D eigenvalue weighted by atomic mass is 79.9. The molecule has 0 aliphatic rings. The van der Waals surface area contributed by atoms with Crippen molar-refractivity contribution < 1.29 is 19.2 Å².